The van der Waals surface area contributed by atoms with Gasteiger partial charge in [0.2, 0.25) is 5.91 Å². The molecule has 1 amide bonds. The Bertz CT molecular complexity index is 692. The summed E-state index contributed by atoms with van der Waals surface area (Å²) < 4.78 is 1.99. The zero-order valence-electron chi connectivity index (χ0n) is 14.7. The SMILES string of the molecule is Br.O=C(CN1CCN(c2nccs2)CC1)Nc1ccnn1C1CCCC1. The molecule has 0 radical (unpaired) electrons. The number of nitrogens with zero attached hydrogens (tertiary/aromatic N) is 5. The van der Waals surface area contributed by atoms with Crippen molar-refractivity contribution in [3.8, 4) is 0 Å². The predicted octanol–water partition coefficient (Wildman–Crippen LogP) is 2.79. The maximum Gasteiger partial charge on any atom is 0.239 e. The quantitative estimate of drug-likeness (QED) is 0.773. The van der Waals surface area contributed by atoms with Crippen LogP contribution in [0.15, 0.2) is 23.8 Å². The van der Waals surface area contributed by atoms with E-state index in [1.807, 2.05) is 22.3 Å². The molecule has 0 atom stereocenters. The van der Waals surface area contributed by atoms with Crippen LogP contribution in [0.1, 0.15) is 31.7 Å². The van der Waals surface area contributed by atoms with Crippen LogP contribution in [0, 0.1) is 0 Å². The van der Waals surface area contributed by atoms with E-state index in [-0.39, 0.29) is 22.9 Å². The number of amides is 1. The van der Waals surface area contributed by atoms with Gasteiger partial charge in [-0.3, -0.25) is 9.69 Å². The zero-order valence-corrected chi connectivity index (χ0v) is 17.2. The number of hydrogen-bond donors (Lipinski definition) is 1. The summed E-state index contributed by atoms with van der Waals surface area (Å²) in [7, 11) is 0. The topological polar surface area (TPSA) is 66.3 Å². The molecule has 0 aromatic carbocycles. The maximum absolute atomic E-state index is 12.4. The van der Waals surface area contributed by atoms with Gasteiger partial charge in [0.05, 0.1) is 18.8 Å². The van der Waals surface area contributed by atoms with Crippen LogP contribution >= 0.6 is 28.3 Å². The van der Waals surface area contributed by atoms with Crippen molar-refractivity contribution in [1.82, 2.24) is 19.7 Å². The molecule has 2 aliphatic rings. The van der Waals surface area contributed by atoms with Gasteiger partial charge in [-0.05, 0) is 12.8 Å². The molecule has 26 heavy (non-hydrogen) atoms. The number of carbonyl (C=O) groups is 1. The van der Waals surface area contributed by atoms with Gasteiger partial charge >= 0.3 is 0 Å². The van der Waals surface area contributed by atoms with Crippen LogP contribution in [0.4, 0.5) is 10.9 Å². The Hall–Kier alpha value is -1.45. The van der Waals surface area contributed by atoms with E-state index >= 15 is 0 Å². The second-order valence-corrected chi connectivity index (χ2v) is 7.60. The number of carbonyl (C=O) groups excluding carboxylic acids is 1. The summed E-state index contributed by atoms with van der Waals surface area (Å²) in [5.74, 6) is 0.876. The molecule has 2 aromatic rings. The summed E-state index contributed by atoms with van der Waals surface area (Å²) in [5.41, 5.74) is 0. The molecular formula is C17H25BrN6OS. The third-order valence-electron chi connectivity index (χ3n) is 5.04. The Morgan fingerprint density at radius 3 is 2.65 bits per heavy atom. The van der Waals surface area contributed by atoms with Gasteiger partial charge in [0.1, 0.15) is 5.82 Å². The van der Waals surface area contributed by atoms with E-state index in [4.69, 9.17) is 0 Å². The highest BCUT2D eigenvalue weighted by molar-refractivity contribution is 8.93. The fourth-order valence-corrected chi connectivity index (χ4v) is 4.40. The van der Waals surface area contributed by atoms with Crippen molar-refractivity contribution in [3.05, 3.63) is 23.8 Å². The molecule has 1 saturated heterocycles. The first kappa shape index (κ1) is 19.3. The average molecular weight is 441 g/mol. The number of halogens is 1. The van der Waals surface area contributed by atoms with Crippen molar-refractivity contribution < 1.29 is 4.79 Å². The lowest BCUT2D eigenvalue weighted by atomic mass is 10.2. The normalized spacial score (nSPS) is 18.7. The van der Waals surface area contributed by atoms with Crippen molar-refractivity contribution in [2.75, 3.05) is 42.9 Å². The lowest BCUT2D eigenvalue weighted by Gasteiger charge is -2.34. The van der Waals surface area contributed by atoms with Gasteiger partial charge in [-0.15, -0.1) is 28.3 Å². The predicted molar refractivity (Wildman–Crippen MR) is 109 cm³/mol. The highest BCUT2D eigenvalue weighted by Gasteiger charge is 2.23. The molecule has 4 rings (SSSR count). The molecule has 2 aromatic heterocycles. The van der Waals surface area contributed by atoms with E-state index in [2.05, 4.69) is 25.2 Å². The Kier molecular flexibility index (Phi) is 6.66. The standard InChI is InChI=1S/C17H24N6OS.BrH/c24-16(20-15-5-6-19-23(15)14-3-1-2-4-14)13-21-8-10-22(11-9-21)17-18-7-12-25-17;/h5-7,12,14H,1-4,8-11,13H2,(H,20,24);1H. The van der Waals surface area contributed by atoms with Crippen molar-refractivity contribution in [2.45, 2.75) is 31.7 Å². The Morgan fingerprint density at radius 1 is 1.19 bits per heavy atom. The monoisotopic (exact) mass is 440 g/mol. The molecule has 1 aliphatic heterocycles. The second kappa shape index (κ2) is 8.96. The van der Waals surface area contributed by atoms with Gasteiger partial charge in [-0.1, -0.05) is 12.8 Å². The summed E-state index contributed by atoms with van der Waals surface area (Å²) in [6, 6.07) is 2.34. The Morgan fingerprint density at radius 2 is 1.96 bits per heavy atom. The third-order valence-corrected chi connectivity index (χ3v) is 5.87. The number of thiazole rings is 1. The minimum Gasteiger partial charge on any atom is -0.346 e. The number of nitrogens with one attached hydrogen (secondary N) is 1. The maximum atomic E-state index is 12.4. The molecule has 7 nitrogen and oxygen atoms in total. The Balaban J connectivity index is 0.00000196. The van der Waals surface area contributed by atoms with Crippen molar-refractivity contribution in [1.29, 1.82) is 0 Å². The summed E-state index contributed by atoms with van der Waals surface area (Å²) >= 11 is 1.67. The van der Waals surface area contributed by atoms with E-state index in [9.17, 15) is 4.79 Å². The average Bonchev–Trinajstić information content (AvgIpc) is 3.37. The zero-order chi connectivity index (χ0) is 17.1. The van der Waals surface area contributed by atoms with Gasteiger partial charge in [-0.2, -0.15) is 5.10 Å². The van der Waals surface area contributed by atoms with Crippen LogP contribution in [0.3, 0.4) is 0 Å². The van der Waals surface area contributed by atoms with Crippen LogP contribution in [0.5, 0.6) is 0 Å². The van der Waals surface area contributed by atoms with Crippen molar-refractivity contribution >= 4 is 45.2 Å². The van der Waals surface area contributed by atoms with Crippen LogP contribution in [0.2, 0.25) is 0 Å². The van der Waals surface area contributed by atoms with Gasteiger partial charge in [0.15, 0.2) is 5.13 Å². The lowest BCUT2D eigenvalue weighted by molar-refractivity contribution is -0.117. The molecule has 1 aliphatic carbocycles. The van der Waals surface area contributed by atoms with E-state index in [0.717, 1.165) is 50.0 Å². The van der Waals surface area contributed by atoms with Gasteiger partial charge in [-0.25, -0.2) is 9.67 Å². The molecule has 1 N–H and O–H groups in total. The number of hydrogen-bond acceptors (Lipinski definition) is 6. The number of anilines is 2. The van der Waals surface area contributed by atoms with Gasteiger partial charge < -0.3 is 10.2 Å². The molecule has 2 fully saturated rings. The molecule has 0 bridgehead atoms. The lowest BCUT2D eigenvalue weighted by Crippen LogP contribution is -2.48. The second-order valence-electron chi connectivity index (χ2n) is 6.73. The molecule has 3 heterocycles. The number of aromatic nitrogens is 3. The van der Waals surface area contributed by atoms with E-state index in [1.165, 1.54) is 12.8 Å². The van der Waals surface area contributed by atoms with Gasteiger partial charge in [0, 0.05) is 43.8 Å². The number of piperazine rings is 1. The smallest absolute Gasteiger partial charge is 0.239 e. The molecule has 0 unspecified atom stereocenters. The summed E-state index contributed by atoms with van der Waals surface area (Å²) in [6.45, 7) is 4.03. The summed E-state index contributed by atoms with van der Waals surface area (Å²) in [4.78, 5) is 21.3. The fraction of sp³-hybridized carbons (Fsp3) is 0.588. The highest BCUT2D eigenvalue weighted by atomic mass is 79.9. The molecule has 1 saturated carbocycles. The van der Waals surface area contributed by atoms with E-state index < -0.39 is 0 Å². The molecular weight excluding hydrogens is 416 g/mol. The van der Waals surface area contributed by atoms with E-state index in [1.54, 1.807) is 17.5 Å². The van der Waals surface area contributed by atoms with Crippen LogP contribution in [0.25, 0.3) is 0 Å². The van der Waals surface area contributed by atoms with Crippen molar-refractivity contribution in [2.24, 2.45) is 0 Å². The first-order valence-electron chi connectivity index (χ1n) is 9.00. The van der Waals surface area contributed by atoms with Crippen LogP contribution in [-0.2, 0) is 4.79 Å². The van der Waals surface area contributed by atoms with E-state index in [0.29, 0.717) is 12.6 Å². The summed E-state index contributed by atoms with van der Waals surface area (Å²) in [6.07, 6.45) is 8.43. The van der Waals surface area contributed by atoms with Crippen molar-refractivity contribution in [3.63, 3.8) is 0 Å². The first-order chi connectivity index (χ1) is 12.3. The van der Waals surface area contributed by atoms with Crippen LogP contribution in [-0.4, -0.2) is 58.3 Å². The third kappa shape index (κ3) is 4.44. The summed E-state index contributed by atoms with van der Waals surface area (Å²) in [5, 5.41) is 10.5. The first-order valence-corrected chi connectivity index (χ1v) is 9.88. The Labute approximate surface area is 168 Å². The number of rotatable bonds is 5. The largest absolute Gasteiger partial charge is 0.346 e. The molecule has 0 spiro atoms. The fourth-order valence-electron chi connectivity index (χ4n) is 3.71. The van der Waals surface area contributed by atoms with Gasteiger partial charge in [0.25, 0.3) is 0 Å². The minimum absolute atomic E-state index is 0. The highest BCUT2D eigenvalue weighted by Crippen LogP contribution is 2.31. The molecule has 9 heteroatoms. The van der Waals surface area contributed by atoms with Crippen LogP contribution < -0.4 is 10.2 Å². The molecule has 142 valence electrons. The minimum atomic E-state index is 0.